The molecule has 2 aromatic rings. The van der Waals surface area contributed by atoms with Gasteiger partial charge in [-0.2, -0.15) is 4.98 Å². The maximum Gasteiger partial charge on any atom is 0.223 e. The van der Waals surface area contributed by atoms with Crippen molar-refractivity contribution in [1.29, 1.82) is 0 Å². The van der Waals surface area contributed by atoms with Gasteiger partial charge in [0, 0.05) is 33.1 Å². The summed E-state index contributed by atoms with van der Waals surface area (Å²) in [5, 5.41) is 14.1. The molecule has 0 atom stereocenters. The normalized spacial score (nSPS) is 15.9. The van der Waals surface area contributed by atoms with E-state index >= 15 is 0 Å². The van der Waals surface area contributed by atoms with Crippen molar-refractivity contribution in [2.45, 2.75) is 32.4 Å². The lowest BCUT2D eigenvalue weighted by Gasteiger charge is -2.33. The Balaban J connectivity index is 0.00000208. The Labute approximate surface area is 162 Å². The van der Waals surface area contributed by atoms with Gasteiger partial charge in [-0.15, -0.1) is 35.3 Å². The van der Waals surface area contributed by atoms with E-state index in [1.807, 2.05) is 0 Å². The van der Waals surface area contributed by atoms with Gasteiger partial charge >= 0.3 is 0 Å². The molecule has 0 bridgehead atoms. The Hall–Kier alpha value is -1.36. The first-order chi connectivity index (χ1) is 11.2. The maximum atomic E-state index is 4.96. The fourth-order valence-electron chi connectivity index (χ4n) is 2.66. The van der Waals surface area contributed by atoms with E-state index < -0.39 is 0 Å². The third-order valence-corrected chi connectivity index (χ3v) is 4.79. The van der Waals surface area contributed by atoms with E-state index in [2.05, 4.69) is 48.2 Å². The van der Waals surface area contributed by atoms with Gasteiger partial charge in [0.15, 0.2) is 11.8 Å². The summed E-state index contributed by atoms with van der Waals surface area (Å²) in [7, 11) is 1.78. The minimum Gasteiger partial charge on any atom is -0.363 e. The average molecular weight is 462 g/mol. The molecule has 1 fully saturated rings. The molecule has 0 amide bonds. The minimum absolute atomic E-state index is 0. The van der Waals surface area contributed by atoms with Gasteiger partial charge in [0.05, 0.1) is 11.5 Å². The second-order valence-corrected chi connectivity index (χ2v) is 6.44. The van der Waals surface area contributed by atoms with Crippen molar-refractivity contribution in [3.05, 3.63) is 29.2 Å². The van der Waals surface area contributed by atoms with Gasteiger partial charge < -0.3 is 20.1 Å². The first-order valence-corrected chi connectivity index (χ1v) is 8.67. The number of nitrogens with one attached hydrogen (secondary N) is 2. The highest BCUT2D eigenvalue weighted by atomic mass is 127. The van der Waals surface area contributed by atoms with E-state index in [9.17, 15) is 0 Å². The number of guanidine groups is 1. The zero-order valence-electron chi connectivity index (χ0n) is 13.9. The lowest BCUT2D eigenvalue weighted by atomic mass is 10.1. The van der Waals surface area contributed by atoms with Crippen LogP contribution in [0.15, 0.2) is 27.0 Å². The number of aryl methyl sites for hydroxylation is 1. The summed E-state index contributed by atoms with van der Waals surface area (Å²) in [6, 6.07) is 4.73. The summed E-state index contributed by atoms with van der Waals surface area (Å²) in [6.45, 7) is 4.43. The van der Waals surface area contributed by atoms with Crippen LogP contribution in [-0.4, -0.2) is 42.3 Å². The van der Waals surface area contributed by atoms with Crippen LogP contribution < -0.4 is 15.5 Å². The van der Waals surface area contributed by atoms with E-state index in [0.29, 0.717) is 24.3 Å². The predicted octanol–water partition coefficient (Wildman–Crippen LogP) is 2.39. The number of hydrogen-bond acceptors (Lipinski definition) is 6. The lowest BCUT2D eigenvalue weighted by Crippen LogP contribution is -2.48. The molecule has 2 N–H and O–H groups in total. The highest BCUT2D eigenvalue weighted by Crippen LogP contribution is 2.24. The summed E-state index contributed by atoms with van der Waals surface area (Å²) in [5.74, 6) is 1.99. The predicted molar refractivity (Wildman–Crippen MR) is 107 cm³/mol. The standard InChI is InChI=1S/C15H22N6OS.HI/c1-11-18-13(20-22-11)10-17-15(16-2)19-12-5-7-21(8-6-12)14-4-3-9-23-14;/h3-4,9,12H,5-8,10H2,1-2H3,(H2,16,17,19);1H. The number of nitrogens with zero attached hydrogens (tertiary/aromatic N) is 4. The monoisotopic (exact) mass is 462 g/mol. The van der Waals surface area contributed by atoms with E-state index in [0.717, 1.165) is 31.9 Å². The molecule has 132 valence electrons. The molecule has 2 aromatic heterocycles. The van der Waals surface area contributed by atoms with Gasteiger partial charge in [-0.1, -0.05) is 5.16 Å². The molecule has 1 aliphatic rings. The zero-order chi connectivity index (χ0) is 16.1. The Kier molecular flexibility index (Phi) is 7.28. The van der Waals surface area contributed by atoms with Gasteiger partial charge in [-0.05, 0) is 30.4 Å². The van der Waals surface area contributed by atoms with Crippen LogP contribution in [0.1, 0.15) is 24.6 Å². The second-order valence-electron chi connectivity index (χ2n) is 5.51. The molecular weight excluding hydrogens is 439 g/mol. The number of anilines is 1. The molecule has 0 radical (unpaired) electrons. The van der Waals surface area contributed by atoms with E-state index in [1.165, 1.54) is 5.00 Å². The number of halogens is 1. The van der Waals surface area contributed by atoms with Gasteiger partial charge in [-0.3, -0.25) is 4.99 Å². The highest BCUT2D eigenvalue weighted by Gasteiger charge is 2.20. The van der Waals surface area contributed by atoms with Crippen molar-refractivity contribution < 1.29 is 4.52 Å². The average Bonchev–Trinajstić information content (AvgIpc) is 3.24. The van der Waals surface area contributed by atoms with Crippen LogP contribution in [0.5, 0.6) is 0 Å². The van der Waals surface area contributed by atoms with Crippen molar-refractivity contribution in [2.24, 2.45) is 4.99 Å². The Morgan fingerprint density at radius 1 is 1.46 bits per heavy atom. The van der Waals surface area contributed by atoms with Crippen LogP contribution in [-0.2, 0) is 6.54 Å². The molecule has 1 saturated heterocycles. The zero-order valence-corrected chi connectivity index (χ0v) is 17.0. The minimum atomic E-state index is 0. The summed E-state index contributed by atoms with van der Waals surface area (Å²) in [5.41, 5.74) is 0. The van der Waals surface area contributed by atoms with Crippen molar-refractivity contribution in [3.63, 3.8) is 0 Å². The van der Waals surface area contributed by atoms with Crippen molar-refractivity contribution in [1.82, 2.24) is 20.8 Å². The molecule has 1 aliphatic heterocycles. The molecule has 24 heavy (non-hydrogen) atoms. The molecule has 0 spiro atoms. The van der Waals surface area contributed by atoms with Crippen molar-refractivity contribution >= 4 is 46.3 Å². The smallest absolute Gasteiger partial charge is 0.223 e. The lowest BCUT2D eigenvalue weighted by molar-refractivity contribution is 0.386. The third-order valence-electron chi connectivity index (χ3n) is 3.86. The topological polar surface area (TPSA) is 78.6 Å². The van der Waals surface area contributed by atoms with Crippen LogP contribution in [0.3, 0.4) is 0 Å². The summed E-state index contributed by atoms with van der Waals surface area (Å²) >= 11 is 1.80. The molecule has 0 aromatic carbocycles. The summed E-state index contributed by atoms with van der Waals surface area (Å²) in [6.07, 6.45) is 2.19. The molecule has 0 unspecified atom stereocenters. The molecule has 3 heterocycles. The first kappa shape index (κ1) is 19.0. The number of piperidine rings is 1. The van der Waals surface area contributed by atoms with E-state index in [-0.39, 0.29) is 24.0 Å². The molecule has 0 aliphatic carbocycles. The molecule has 7 nitrogen and oxygen atoms in total. The molecule has 3 rings (SSSR count). The third kappa shape index (κ3) is 5.07. The fraction of sp³-hybridized carbons (Fsp3) is 0.533. The van der Waals surface area contributed by atoms with Crippen LogP contribution in [0.25, 0.3) is 0 Å². The Bertz CT molecular complexity index is 636. The van der Waals surface area contributed by atoms with Gasteiger partial charge in [0.25, 0.3) is 0 Å². The molecule has 9 heteroatoms. The van der Waals surface area contributed by atoms with Crippen LogP contribution >= 0.6 is 35.3 Å². The SMILES string of the molecule is CN=C(NCc1noc(C)n1)NC1CCN(c2cccs2)CC1.I. The van der Waals surface area contributed by atoms with Crippen molar-refractivity contribution in [2.75, 3.05) is 25.0 Å². The summed E-state index contributed by atoms with van der Waals surface area (Å²) < 4.78 is 4.96. The fourth-order valence-corrected chi connectivity index (χ4v) is 3.44. The summed E-state index contributed by atoms with van der Waals surface area (Å²) in [4.78, 5) is 10.9. The van der Waals surface area contributed by atoms with Gasteiger partial charge in [-0.25, -0.2) is 0 Å². The van der Waals surface area contributed by atoms with Crippen LogP contribution in [0, 0.1) is 6.92 Å². The number of thiophene rings is 1. The van der Waals surface area contributed by atoms with Crippen LogP contribution in [0.2, 0.25) is 0 Å². The Morgan fingerprint density at radius 2 is 2.25 bits per heavy atom. The molecular formula is C15H23IN6OS. The molecule has 0 saturated carbocycles. The first-order valence-electron chi connectivity index (χ1n) is 7.79. The maximum absolute atomic E-state index is 4.96. The second kappa shape index (κ2) is 9.21. The number of aromatic nitrogens is 2. The number of hydrogen-bond donors (Lipinski definition) is 2. The van der Waals surface area contributed by atoms with E-state index in [4.69, 9.17) is 4.52 Å². The quantitative estimate of drug-likeness (QED) is 0.413. The van der Waals surface area contributed by atoms with Crippen molar-refractivity contribution in [3.8, 4) is 0 Å². The highest BCUT2D eigenvalue weighted by molar-refractivity contribution is 14.0. The number of aliphatic imine (C=N–C) groups is 1. The van der Waals surface area contributed by atoms with Crippen LogP contribution in [0.4, 0.5) is 5.00 Å². The Morgan fingerprint density at radius 3 is 2.83 bits per heavy atom. The van der Waals surface area contributed by atoms with Gasteiger partial charge in [0.2, 0.25) is 5.89 Å². The largest absolute Gasteiger partial charge is 0.363 e. The van der Waals surface area contributed by atoms with Gasteiger partial charge in [0.1, 0.15) is 0 Å². The van der Waals surface area contributed by atoms with E-state index in [1.54, 1.807) is 25.3 Å². The number of rotatable bonds is 4.